The number of carbonyl (C=O) groups is 4. The number of imide groups is 1. The van der Waals surface area contributed by atoms with Gasteiger partial charge in [0.15, 0.2) is 0 Å². The Bertz CT molecular complexity index is 1150. The zero-order chi connectivity index (χ0) is 22.4. The standard InChI is InChI=1S/C25H24N2O5/c1-32-25(31)17-8-10-21-15(13-17)11-12-26(21)22(28)16-7-9-19-20(14-16)24(30)27(23(19)29)18-5-3-2-4-6-18/h7-10,13-14,18H,2-6,11-12H2,1H3. The van der Waals surface area contributed by atoms with E-state index in [0.29, 0.717) is 35.2 Å². The minimum Gasteiger partial charge on any atom is -0.465 e. The average molecular weight is 432 g/mol. The van der Waals surface area contributed by atoms with Gasteiger partial charge in [-0.2, -0.15) is 0 Å². The normalized spacial score (nSPS) is 18.0. The van der Waals surface area contributed by atoms with Gasteiger partial charge in [0.25, 0.3) is 17.7 Å². The molecule has 0 saturated heterocycles. The van der Waals surface area contributed by atoms with Gasteiger partial charge in [-0.25, -0.2) is 4.79 Å². The quantitative estimate of drug-likeness (QED) is 0.547. The van der Waals surface area contributed by atoms with Crippen molar-refractivity contribution in [1.82, 2.24) is 4.90 Å². The van der Waals surface area contributed by atoms with Crippen LogP contribution in [0, 0.1) is 0 Å². The molecule has 3 aliphatic rings. The number of hydrogen-bond donors (Lipinski definition) is 0. The van der Waals surface area contributed by atoms with Gasteiger partial charge in [0.2, 0.25) is 0 Å². The van der Waals surface area contributed by atoms with E-state index in [9.17, 15) is 19.2 Å². The van der Waals surface area contributed by atoms with Crippen LogP contribution in [0.2, 0.25) is 0 Å². The van der Waals surface area contributed by atoms with Crippen molar-refractivity contribution >= 4 is 29.4 Å². The lowest BCUT2D eigenvalue weighted by Gasteiger charge is -2.29. The van der Waals surface area contributed by atoms with Crippen LogP contribution in [0.1, 0.15) is 79.1 Å². The van der Waals surface area contributed by atoms with Crippen LogP contribution in [-0.2, 0) is 11.2 Å². The summed E-state index contributed by atoms with van der Waals surface area (Å²) < 4.78 is 4.77. The third-order valence-corrected chi connectivity index (χ3v) is 6.75. The molecule has 164 valence electrons. The second kappa shape index (κ2) is 7.89. The third kappa shape index (κ3) is 3.20. The van der Waals surface area contributed by atoms with Crippen LogP contribution in [0.3, 0.4) is 0 Å². The largest absolute Gasteiger partial charge is 0.465 e. The molecule has 2 aromatic rings. The molecule has 2 aliphatic heterocycles. The summed E-state index contributed by atoms with van der Waals surface area (Å²) in [6.07, 6.45) is 5.49. The van der Waals surface area contributed by atoms with Crippen LogP contribution in [0.5, 0.6) is 0 Å². The highest BCUT2D eigenvalue weighted by Crippen LogP contribution is 2.34. The number of rotatable bonds is 3. The fourth-order valence-corrected chi connectivity index (χ4v) is 5.08. The van der Waals surface area contributed by atoms with Crippen molar-refractivity contribution in [3.8, 4) is 0 Å². The van der Waals surface area contributed by atoms with E-state index in [1.165, 1.54) is 12.0 Å². The predicted octanol–water partition coefficient (Wildman–Crippen LogP) is 3.60. The predicted molar refractivity (Wildman–Crippen MR) is 117 cm³/mol. The van der Waals surface area contributed by atoms with E-state index >= 15 is 0 Å². The molecule has 2 heterocycles. The zero-order valence-corrected chi connectivity index (χ0v) is 17.9. The molecule has 1 aliphatic carbocycles. The molecular formula is C25H24N2O5. The zero-order valence-electron chi connectivity index (χ0n) is 17.9. The molecule has 7 nitrogen and oxygen atoms in total. The number of ether oxygens (including phenoxy) is 1. The van der Waals surface area contributed by atoms with Gasteiger partial charge in [0.1, 0.15) is 0 Å². The Balaban J connectivity index is 1.41. The molecule has 5 rings (SSSR count). The maximum atomic E-state index is 13.3. The molecule has 0 aromatic heterocycles. The molecule has 0 bridgehead atoms. The Morgan fingerprint density at radius 2 is 1.62 bits per heavy atom. The number of benzene rings is 2. The molecule has 0 unspecified atom stereocenters. The van der Waals surface area contributed by atoms with E-state index in [1.54, 1.807) is 41.3 Å². The summed E-state index contributed by atoms with van der Waals surface area (Å²) in [4.78, 5) is 54.1. The molecule has 0 spiro atoms. The van der Waals surface area contributed by atoms with E-state index in [-0.39, 0.29) is 23.8 Å². The van der Waals surface area contributed by atoms with Crippen molar-refractivity contribution in [3.05, 3.63) is 64.2 Å². The van der Waals surface area contributed by atoms with Crippen molar-refractivity contribution in [1.29, 1.82) is 0 Å². The lowest BCUT2D eigenvalue weighted by molar-refractivity contribution is 0.0546. The Hall–Kier alpha value is -3.48. The molecular weight excluding hydrogens is 408 g/mol. The fraction of sp³-hybridized carbons (Fsp3) is 0.360. The molecule has 0 radical (unpaired) electrons. The highest BCUT2D eigenvalue weighted by molar-refractivity contribution is 6.22. The lowest BCUT2D eigenvalue weighted by atomic mass is 9.94. The number of methoxy groups -OCH3 is 1. The van der Waals surface area contributed by atoms with Gasteiger partial charge in [-0.05, 0) is 61.2 Å². The summed E-state index contributed by atoms with van der Waals surface area (Å²) >= 11 is 0. The van der Waals surface area contributed by atoms with Crippen molar-refractivity contribution in [2.24, 2.45) is 0 Å². The maximum Gasteiger partial charge on any atom is 0.337 e. The Labute approximate surface area is 185 Å². The molecule has 7 heteroatoms. The summed E-state index contributed by atoms with van der Waals surface area (Å²) in [6.45, 7) is 0.483. The van der Waals surface area contributed by atoms with Crippen LogP contribution in [0.25, 0.3) is 0 Å². The smallest absolute Gasteiger partial charge is 0.337 e. The molecule has 0 N–H and O–H groups in total. The topological polar surface area (TPSA) is 84.0 Å². The van der Waals surface area contributed by atoms with Gasteiger partial charge in [-0.1, -0.05) is 19.3 Å². The van der Waals surface area contributed by atoms with Crippen molar-refractivity contribution < 1.29 is 23.9 Å². The third-order valence-electron chi connectivity index (χ3n) is 6.75. The second-order valence-electron chi connectivity index (χ2n) is 8.57. The van der Waals surface area contributed by atoms with Crippen LogP contribution < -0.4 is 4.90 Å². The second-order valence-corrected chi connectivity index (χ2v) is 8.57. The van der Waals surface area contributed by atoms with Crippen LogP contribution in [0.4, 0.5) is 5.69 Å². The SMILES string of the molecule is COC(=O)c1ccc2c(c1)CCN2C(=O)c1ccc2c(c1)C(=O)N(C1CCCCC1)C2=O. The van der Waals surface area contributed by atoms with Crippen LogP contribution in [0.15, 0.2) is 36.4 Å². The van der Waals surface area contributed by atoms with Crippen LogP contribution >= 0.6 is 0 Å². The number of anilines is 1. The summed E-state index contributed by atoms with van der Waals surface area (Å²) in [7, 11) is 1.33. The molecule has 0 atom stereocenters. The molecule has 1 saturated carbocycles. The first kappa shape index (κ1) is 20.4. The van der Waals surface area contributed by atoms with Gasteiger partial charge < -0.3 is 9.64 Å². The minimum atomic E-state index is -0.415. The summed E-state index contributed by atoms with van der Waals surface area (Å²) in [5.74, 6) is -1.19. The molecule has 32 heavy (non-hydrogen) atoms. The Kier molecular flexibility index (Phi) is 5.04. The number of hydrogen-bond acceptors (Lipinski definition) is 5. The number of nitrogens with zero attached hydrogens (tertiary/aromatic N) is 2. The summed E-state index contributed by atoms with van der Waals surface area (Å²) in [5, 5.41) is 0. The number of esters is 1. The van der Waals surface area contributed by atoms with Gasteiger partial charge in [-0.15, -0.1) is 0 Å². The first-order chi connectivity index (χ1) is 15.5. The van der Waals surface area contributed by atoms with E-state index < -0.39 is 5.97 Å². The van der Waals surface area contributed by atoms with E-state index in [0.717, 1.165) is 43.4 Å². The Morgan fingerprint density at radius 3 is 2.38 bits per heavy atom. The Morgan fingerprint density at radius 1 is 0.906 bits per heavy atom. The maximum absolute atomic E-state index is 13.3. The summed E-state index contributed by atoms with van der Waals surface area (Å²) in [6, 6.07) is 9.87. The molecule has 3 amide bonds. The van der Waals surface area contributed by atoms with Crippen molar-refractivity contribution in [3.63, 3.8) is 0 Å². The van der Waals surface area contributed by atoms with Gasteiger partial charge in [0, 0.05) is 23.8 Å². The van der Waals surface area contributed by atoms with E-state index in [2.05, 4.69) is 0 Å². The number of fused-ring (bicyclic) bond motifs is 2. The van der Waals surface area contributed by atoms with Gasteiger partial charge in [-0.3, -0.25) is 19.3 Å². The van der Waals surface area contributed by atoms with E-state index in [1.807, 2.05) is 0 Å². The first-order valence-electron chi connectivity index (χ1n) is 11.0. The molecule has 2 aromatic carbocycles. The minimum absolute atomic E-state index is 0.0511. The van der Waals surface area contributed by atoms with Crippen molar-refractivity contribution in [2.45, 2.75) is 44.6 Å². The number of carbonyl (C=O) groups excluding carboxylic acids is 4. The monoisotopic (exact) mass is 432 g/mol. The fourth-order valence-electron chi connectivity index (χ4n) is 5.08. The number of amides is 3. The first-order valence-corrected chi connectivity index (χ1v) is 11.0. The highest BCUT2D eigenvalue weighted by atomic mass is 16.5. The highest BCUT2D eigenvalue weighted by Gasteiger charge is 2.41. The lowest BCUT2D eigenvalue weighted by Crippen LogP contribution is -2.40. The molecule has 1 fully saturated rings. The van der Waals surface area contributed by atoms with Gasteiger partial charge >= 0.3 is 5.97 Å². The average Bonchev–Trinajstić information content (AvgIpc) is 3.36. The van der Waals surface area contributed by atoms with Crippen molar-refractivity contribution in [2.75, 3.05) is 18.6 Å². The van der Waals surface area contributed by atoms with Crippen LogP contribution in [-0.4, -0.2) is 48.3 Å². The van der Waals surface area contributed by atoms with E-state index in [4.69, 9.17) is 4.74 Å². The van der Waals surface area contributed by atoms with Gasteiger partial charge in [0.05, 0.1) is 23.8 Å². The summed E-state index contributed by atoms with van der Waals surface area (Å²) in [5.41, 5.74) is 3.16.